The predicted octanol–water partition coefficient (Wildman–Crippen LogP) is 4.34. The molecule has 1 aliphatic carbocycles. The molecule has 0 aromatic heterocycles. The Hall–Kier alpha value is -0.680. The van der Waals surface area contributed by atoms with Gasteiger partial charge < -0.3 is 10.1 Å². The van der Waals surface area contributed by atoms with E-state index in [2.05, 4.69) is 35.1 Å². The van der Waals surface area contributed by atoms with E-state index in [0.717, 1.165) is 12.5 Å². The molecule has 2 unspecified atom stereocenters. The number of benzene rings is 1. The minimum Gasteiger partial charge on any atom is -0.379 e. The van der Waals surface area contributed by atoms with Gasteiger partial charge in [-0.3, -0.25) is 0 Å². The Morgan fingerprint density at radius 2 is 2.05 bits per heavy atom. The van der Waals surface area contributed by atoms with Gasteiger partial charge in [-0.15, -0.1) is 0 Å². The van der Waals surface area contributed by atoms with Gasteiger partial charge in [-0.1, -0.05) is 13.8 Å². The van der Waals surface area contributed by atoms with Crippen LogP contribution in [0.1, 0.15) is 27.2 Å². The average molecular weight is 334 g/mol. The number of rotatable bonds is 4. The minimum atomic E-state index is -0.470. The van der Waals surface area contributed by atoms with Crippen LogP contribution < -0.4 is 5.32 Å². The van der Waals surface area contributed by atoms with Gasteiger partial charge in [-0.2, -0.15) is 0 Å². The summed E-state index contributed by atoms with van der Waals surface area (Å²) in [6.07, 6.45) is 0.969. The second kappa shape index (κ2) is 5.37. The number of halogens is 3. The zero-order valence-corrected chi connectivity index (χ0v) is 12.9. The quantitative estimate of drug-likeness (QED) is 0.827. The van der Waals surface area contributed by atoms with Crippen LogP contribution in [0.5, 0.6) is 0 Å². The van der Waals surface area contributed by atoms with Crippen LogP contribution in [0.25, 0.3) is 0 Å². The van der Waals surface area contributed by atoms with Gasteiger partial charge in [-0.05, 0) is 35.3 Å². The van der Waals surface area contributed by atoms with Gasteiger partial charge in [0.25, 0.3) is 0 Å². The van der Waals surface area contributed by atoms with E-state index in [1.807, 2.05) is 6.92 Å². The molecule has 1 N–H and O–H groups in total. The fourth-order valence-corrected chi connectivity index (χ4v) is 2.75. The molecule has 0 saturated heterocycles. The third-order valence-corrected chi connectivity index (χ3v) is 4.49. The number of hydrogen-bond donors (Lipinski definition) is 1. The number of anilines is 1. The van der Waals surface area contributed by atoms with Crippen LogP contribution in [-0.2, 0) is 4.74 Å². The van der Waals surface area contributed by atoms with Crippen molar-refractivity contribution in [2.24, 2.45) is 5.41 Å². The smallest absolute Gasteiger partial charge is 0.147 e. The lowest BCUT2D eigenvalue weighted by molar-refractivity contribution is -0.0976. The first kappa shape index (κ1) is 14.7. The van der Waals surface area contributed by atoms with Gasteiger partial charge >= 0.3 is 0 Å². The molecule has 106 valence electrons. The fourth-order valence-electron chi connectivity index (χ4n) is 2.44. The van der Waals surface area contributed by atoms with Crippen LogP contribution in [-0.4, -0.2) is 18.8 Å². The molecule has 2 nitrogen and oxygen atoms in total. The molecule has 1 aromatic rings. The van der Waals surface area contributed by atoms with Gasteiger partial charge in [0.2, 0.25) is 0 Å². The first-order chi connectivity index (χ1) is 8.86. The molecule has 19 heavy (non-hydrogen) atoms. The number of hydrogen-bond acceptors (Lipinski definition) is 2. The highest BCUT2D eigenvalue weighted by Gasteiger charge is 2.49. The van der Waals surface area contributed by atoms with E-state index < -0.39 is 11.6 Å². The van der Waals surface area contributed by atoms with Gasteiger partial charge in [-0.25, -0.2) is 8.78 Å². The van der Waals surface area contributed by atoms with Crippen molar-refractivity contribution in [2.75, 3.05) is 11.9 Å². The normalized spacial score (nSPS) is 24.9. The van der Waals surface area contributed by atoms with Crippen molar-refractivity contribution in [3.8, 4) is 0 Å². The molecule has 0 amide bonds. The summed E-state index contributed by atoms with van der Waals surface area (Å²) in [5.74, 6) is -0.925. The summed E-state index contributed by atoms with van der Waals surface area (Å²) in [6.45, 7) is 6.77. The Labute approximate surface area is 120 Å². The van der Waals surface area contributed by atoms with Crippen LogP contribution in [0.3, 0.4) is 0 Å². The maximum absolute atomic E-state index is 13.8. The molecule has 0 bridgehead atoms. The van der Waals surface area contributed by atoms with Crippen LogP contribution >= 0.6 is 15.9 Å². The Kier molecular flexibility index (Phi) is 4.16. The highest BCUT2D eigenvalue weighted by atomic mass is 79.9. The number of ether oxygens (including phenoxy) is 1. The van der Waals surface area contributed by atoms with E-state index in [-0.39, 0.29) is 27.7 Å². The maximum Gasteiger partial charge on any atom is 0.147 e. The molecule has 0 heterocycles. The molecule has 1 fully saturated rings. The summed E-state index contributed by atoms with van der Waals surface area (Å²) in [4.78, 5) is 0. The summed E-state index contributed by atoms with van der Waals surface area (Å²) >= 11 is 2.97. The zero-order valence-electron chi connectivity index (χ0n) is 11.3. The van der Waals surface area contributed by atoms with Crippen LogP contribution in [0.15, 0.2) is 16.6 Å². The average Bonchev–Trinajstić information content (AvgIpc) is 2.34. The number of nitrogens with one attached hydrogen (secondary N) is 1. The Morgan fingerprint density at radius 3 is 2.63 bits per heavy atom. The van der Waals surface area contributed by atoms with Crippen molar-refractivity contribution in [3.05, 3.63) is 28.2 Å². The van der Waals surface area contributed by atoms with E-state index in [9.17, 15) is 8.78 Å². The zero-order chi connectivity index (χ0) is 14.2. The SMILES string of the molecule is CCOC1CC(Nc2cc(F)c(Br)cc2F)C1(C)C. The standard InChI is InChI=1S/C14H18BrF2NO/c1-4-19-13-7-12(14(13,2)3)18-11-6-9(16)8(15)5-10(11)17/h5-6,12-13,18H,4,7H2,1-3H3. The van der Waals surface area contributed by atoms with E-state index >= 15 is 0 Å². The largest absolute Gasteiger partial charge is 0.379 e. The highest BCUT2D eigenvalue weighted by Crippen LogP contribution is 2.44. The van der Waals surface area contributed by atoms with Crippen LogP contribution in [0, 0.1) is 17.0 Å². The first-order valence-corrected chi connectivity index (χ1v) is 7.18. The molecule has 0 aliphatic heterocycles. The molecule has 1 saturated carbocycles. The summed E-state index contributed by atoms with van der Waals surface area (Å²) in [7, 11) is 0. The molecule has 5 heteroatoms. The summed E-state index contributed by atoms with van der Waals surface area (Å²) < 4.78 is 33.0. The lowest BCUT2D eigenvalue weighted by Gasteiger charge is -2.52. The Bertz CT molecular complexity index is 479. The molecule has 1 aliphatic rings. The van der Waals surface area contributed by atoms with Crippen molar-refractivity contribution in [3.63, 3.8) is 0 Å². The maximum atomic E-state index is 13.8. The van der Waals surface area contributed by atoms with E-state index in [1.165, 1.54) is 6.07 Å². The second-order valence-corrected chi connectivity index (χ2v) is 6.30. The third-order valence-electron chi connectivity index (χ3n) is 3.89. The molecule has 2 atom stereocenters. The molecule has 1 aromatic carbocycles. The van der Waals surface area contributed by atoms with Crippen molar-refractivity contribution >= 4 is 21.6 Å². The molecule has 2 rings (SSSR count). The van der Waals surface area contributed by atoms with Crippen molar-refractivity contribution in [1.82, 2.24) is 0 Å². The first-order valence-electron chi connectivity index (χ1n) is 6.39. The van der Waals surface area contributed by atoms with Crippen LogP contribution in [0.4, 0.5) is 14.5 Å². The third kappa shape index (κ3) is 2.77. The lowest BCUT2D eigenvalue weighted by atomic mass is 9.64. The Balaban J connectivity index is 2.09. The van der Waals surface area contributed by atoms with E-state index in [0.29, 0.717) is 6.61 Å². The van der Waals surface area contributed by atoms with Crippen molar-refractivity contribution in [1.29, 1.82) is 0 Å². The second-order valence-electron chi connectivity index (χ2n) is 5.44. The van der Waals surface area contributed by atoms with E-state index in [1.54, 1.807) is 0 Å². The van der Waals surface area contributed by atoms with E-state index in [4.69, 9.17) is 4.74 Å². The highest BCUT2D eigenvalue weighted by molar-refractivity contribution is 9.10. The van der Waals surface area contributed by atoms with Crippen molar-refractivity contribution < 1.29 is 13.5 Å². The molecule has 0 radical (unpaired) electrons. The van der Waals surface area contributed by atoms with Crippen molar-refractivity contribution in [2.45, 2.75) is 39.3 Å². The predicted molar refractivity (Wildman–Crippen MR) is 75.3 cm³/mol. The molecular formula is C14H18BrF2NO. The fraction of sp³-hybridized carbons (Fsp3) is 0.571. The van der Waals surface area contributed by atoms with Gasteiger partial charge in [0.05, 0.1) is 16.3 Å². The monoisotopic (exact) mass is 333 g/mol. The Morgan fingerprint density at radius 1 is 1.37 bits per heavy atom. The molecular weight excluding hydrogens is 316 g/mol. The summed E-state index contributed by atoms with van der Waals surface area (Å²) in [5.41, 5.74) is 0.111. The van der Waals surface area contributed by atoms with Gasteiger partial charge in [0.15, 0.2) is 0 Å². The lowest BCUT2D eigenvalue weighted by Crippen LogP contribution is -2.58. The van der Waals surface area contributed by atoms with Gasteiger partial charge in [0.1, 0.15) is 11.6 Å². The minimum absolute atomic E-state index is 0.0825. The summed E-state index contributed by atoms with van der Waals surface area (Å²) in [6, 6.07) is 2.41. The summed E-state index contributed by atoms with van der Waals surface area (Å²) in [5, 5.41) is 3.08. The molecule has 0 spiro atoms. The van der Waals surface area contributed by atoms with Crippen LogP contribution in [0.2, 0.25) is 0 Å². The van der Waals surface area contributed by atoms with Gasteiger partial charge in [0, 0.05) is 24.1 Å². The topological polar surface area (TPSA) is 21.3 Å².